The van der Waals surface area contributed by atoms with Crippen molar-refractivity contribution in [3.8, 4) is 5.75 Å². The van der Waals surface area contributed by atoms with Crippen molar-refractivity contribution in [3.63, 3.8) is 0 Å². The van der Waals surface area contributed by atoms with Gasteiger partial charge in [-0.1, -0.05) is 42.8 Å². The molecule has 1 N–H and O–H groups in total. The Labute approximate surface area is 128 Å². The van der Waals surface area contributed by atoms with Gasteiger partial charge < -0.3 is 10.1 Å². The molecule has 0 bridgehead atoms. The Morgan fingerprint density at radius 1 is 0.952 bits per heavy atom. The van der Waals surface area contributed by atoms with Crippen LogP contribution in [-0.4, -0.2) is 13.2 Å². The molecule has 1 atom stereocenters. The molecule has 2 rings (SSSR count). The van der Waals surface area contributed by atoms with Gasteiger partial charge >= 0.3 is 0 Å². The van der Waals surface area contributed by atoms with Crippen molar-refractivity contribution in [3.05, 3.63) is 64.7 Å². The second-order valence-electron chi connectivity index (χ2n) is 5.58. The quantitative estimate of drug-likeness (QED) is 0.851. The molecule has 0 heterocycles. The van der Waals surface area contributed by atoms with E-state index in [9.17, 15) is 0 Å². The fourth-order valence-electron chi connectivity index (χ4n) is 2.30. The van der Waals surface area contributed by atoms with Gasteiger partial charge in [0.05, 0.1) is 6.04 Å². The summed E-state index contributed by atoms with van der Waals surface area (Å²) in [6.45, 7) is 10.0. The van der Waals surface area contributed by atoms with Crippen LogP contribution in [0.2, 0.25) is 0 Å². The maximum Gasteiger partial charge on any atom is 0.119 e. The zero-order chi connectivity index (χ0) is 15.2. The average molecular weight is 283 g/mol. The van der Waals surface area contributed by atoms with Crippen LogP contribution < -0.4 is 10.1 Å². The van der Waals surface area contributed by atoms with Crippen LogP contribution in [0.5, 0.6) is 5.75 Å². The van der Waals surface area contributed by atoms with Crippen LogP contribution in [-0.2, 0) is 0 Å². The average Bonchev–Trinajstić information content (AvgIpc) is 2.48. The van der Waals surface area contributed by atoms with Crippen molar-refractivity contribution in [2.24, 2.45) is 0 Å². The van der Waals surface area contributed by atoms with Gasteiger partial charge in [0.15, 0.2) is 0 Å². The molecular formula is C19H25NO. The Bertz CT molecular complexity index is 575. The highest BCUT2D eigenvalue weighted by Crippen LogP contribution is 2.19. The third kappa shape index (κ3) is 4.33. The zero-order valence-electron chi connectivity index (χ0n) is 13.4. The lowest BCUT2D eigenvalue weighted by Crippen LogP contribution is -2.26. The zero-order valence-corrected chi connectivity index (χ0v) is 13.4. The molecule has 2 heteroatoms. The van der Waals surface area contributed by atoms with E-state index in [1.165, 1.54) is 22.3 Å². The van der Waals surface area contributed by atoms with E-state index in [1.807, 2.05) is 6.07 Å². The van der Waals surface area contributed by atoms with Gasteiger partial charge in [-0.05, 0) is 56.1 Å². The topological polar surface area (TPSA) is 21.3 Å². The molecule has 0 aliphatic heterocycles. The third-order valence-electron chi connectivity index (χ3n) is 3.83. The molecule has 0 aromatic heterocycles. The molecule has 2 aromatic rings. The van der Waals surface area contributed by atoms with Gasteiger partial charge in [-0.3, -0.25) is 0 Å². The molecule has 2 aromatic carbocycles. The molecule has 0 radical (unpaired) electrons. The Kier molecular flexibility index (Phi) is 5.40. The van der Waals surface area contributed by atoms with Gasteiger partial charge in [-0.25, -0.2) is 0 Å². The number of hydrogen-bond acceptors (Lipinski definition) is 2. The van der Waals surface area contributed by atoms with Crippen molar-refractivity contribution >= 4 is 0 Å². The maximum absolute atomic E-state index is 5.98. The van der Waals surface area contributed by atoms with E-state index in [1.54, 1.807) is 0 Å². The fraction of sp³-hybridized carbons (Fsp3) is 0.368. The summed E-state index contributed by atoms with van der Waals surface area (Å²) in [5, 5.41) is 3.49. The normalized spacial score (nSPS) is 12.2. The summed E-state index contributed by atoms with van der Waals surface area (Å²) in [6, 6.07) is 15.1. The molecule has 0 saturated carbocycles. The highest BCUT2D eigenvalue weighted by Gasteiger charge is 2.11. The Hall–Kier alpha value is -1.80. The first-order chi connectivity index (χ1) is 10.1. The van der Waals surface area contributed by atoms with Gasteiger partial charge in [0, 0.05) is 0 Å². The molecule has 0 fully saturated rings. The van der Waals surface area contributed by atoms with E-state index in [2.05, 4.69) is 69.4 Å². The van der Waals surface area contributed by atoms with Crippen LogP contribution in [0, 0.1) is 20.8 Å². The van der Waals surface area contributed by atoms with Gasteiger partial charge in [0.1, 0.15) is 12.4 Å². The molecule has 0 saturated heterocycles. The summed E-state index contributed by atoms with van der Waals surface area (Å²) < 4.78 is 5.98. The standard InChI is InChI=1S/C19H25NO/c1-5-20-19(17-9-6-14(2)7-10-17)13-21-18-11-8-15(3)16(4)12-18/h6-12,19-20H,5,13H2,1-4H3. The van der Waals surface area contributed by atoms with Crippen molar-refractivity contribution in [1.82, 2.24) is 5.32 Å². The minimum absolute atomic E-state index is 0.220. The van der Waals surface area contributed by atoms with Crippen LogP contribution in [0.4, 0.5) is 0 Å². The lowest BCUT2D eigenvalue weighted by Gasteiger charge is -2.19. The fourth-order valence-corrected chi connectivity index (χ4v) is 2.30. The predicted octanol–water partition coefficient (Wildman–Crippen LogP) is 4.34. The first-order valence-electron chi connectivity index (χ1n) is 7.60. The second kappa shape index (κ2) is 7.28. The van der Waals surface area contributed by atoms with E-state index >= 15 is 0 Å². The predicted molar refractivity (Wildman–Crippen MR) is 89.0 cm³/mol. The van der Waals surface area contributed by atoms with E-state index in [4.69, 9.17) is 4.74 Å². The summed E-state index contributed by atoms with van der Waals surface area (Å²) in [7, 11) is 0. The molecule has 0 amide bonds. The van der Waals surface area contributed by atoms with Crippen LogP contribution >= 0.6 is 0 Å². The first kappa shape index (κ1) is 15.6. The van der Waals surface area contributed by atoms with E-state index in [-0.39, 0.29) is 6.04 Å². The van der Waals surface area contributed by atoms with Crippen LogP contribution in [0.3, 0.4) is 0 Å². The molecule has 1 unspecified atom stereocenters. The van der Waals surface area contributed by atoms with Crippen LogP contribution in [0.25, 0.3) is 0 Å². The third-order valence-corrected chi connectivity index (χ3v) is 3.83. The lowest BCUT2D eigenvalue weighted by atomic mass is 10.1. The monoisotopic (exact) mass is 283 g/mol. The molecule has 0 aliphatic rings. The number of hydrogen-bond donors (Lipinski definition) is 1. The second-order valence-corrected chi connectivity index (χ2v) is 5.58. The SMILES string of the molecule is CCNC(COc1ccc(C)c(C)c1)c1ccc(C)cc1. The van der Waals surface area contributed by atoms with Crippen molar-refractivity contribution < 1.29 is 4.74 Å². The first-order valence-corrected chi connectivity index (χ1v) is 7.60. The van der Waals surface area contributed by atoms with Gasteiger partial charge in [0.2, 0.25) is 0 Å². The molecule has 21 heavy (non-hydrogen) atoms. The Balaban J connectivity index is 2.05. The Morgan fingerprint density at radius 2 is 1.67 bits per heavy atom. The number of ether oxygens (including phenoxy) is 1. The summed E-state index contributed by atoms with van der Waals surface area (Å²) in [5.74, 6) is 0.938. The van der Waals surface area contributed by atoms with Gasteiger partial charge in [0.25, 0.3) is 0 Å². The molecular weight excluding hydrogens is 258 g/mol. The maximum atomic E-state index is 5.98. The van der Waals surface area contributed by atoms with Crippen molar-refractivity contribution in [1.29, 1.82) is 0 Å². The minimum atomic E-state index is 0.220. The van der Waals surface area contributed by atoms with E-state index in [0.717, 1.165) is 12.3 Å². The summed E-state index contributed by atoms with van der Waals surface area (Å²) >= 11 is 0. The highest BCUT2D eigenvalue weighted by atomic mass is 16.5. The number of likely N-dealkylation sites (N-methyl/N-ethyl adjacent to an activating group) is 1. The number of nitrogens with one attached hydrogen (secondary N) is 1. The van der Waals surface area contributed by atoms with Crippen LogP contribution in [0.1, 0.15) is 35.2 Å². The molecule has 0 spiro atoms. The van der Waals surface area contributed by atoms with Gasteiger partial charge in [-0.15, -0.1) is 0 Å². The Morgan fingerprint density at radius 3 is 2.29 bits per heavy atom. The largest absolute Gasteiger partial charge is 0.492 e. The smallest absolute Gasteiger partial charge is 0.119 e. The summed E-state index contributed by atoms with van der Waals surface area (Å²) in [5.41, 5.74) is 5.11. The summed E-state index contributed by atoms with van der Waals surface area (Å²) in [4.78, 5) is 0. The number of aryl methyl sites for hydroxylation is 3. The van der Waals surface area contributed by atoms with Crippen LogP contribution in [0.15, 0.2) is 42.5 Å². The molecule has 2 nitrogen and oxygen atoms in total. The number of benzene rings is 2. The molecule has 112 valence electrons. The molecule has 0 aliphatic carbocycles. The highest BCUT2D eigenvalue weighted by molar-refractivity contribution is 5.34. The van der Waals surface area contributed by atoms with Crippen molar-refractivity contribution in [2.45, 2.75) is 33.7 Å². The van der Waals surface area contributed by atoms with Crippen molar-refractivity contribution in [2.75, 3.05) is 13.2 Å². The number of rotatable bonds is 6. The van der Waals surface area contributed by atoms with Gasteiger partial charge in [-0.2, -0.15) is 0 Å². The van der Waals surface area contributed by atoms with E-state index in [0.29, 0.717) is 6.61 Å². The lowest BCUT2D eigenvalue weighted by molar-refractivity contribution is 0.268. The van der Waals surface area contributed by atoms with E-state index < -0.39 is 0 Å². The minimum Gasteiger partial charge on any atom is -0.492 e. The summed E-state index contributed by atoms with van der Waals surface area (Å²) in [6.07, 6.45) is 0.